The zero-order valence-electron chi connectivity index (χ0n) is 20.9. The molecule has 0 nitrogen and oxygen atoms in total. The normalized spacial score (nSPS) is 11.9. The minimum absolute atomic E-state index is 0. The van der Waals surface area contributed by atoms with Crippen LogP contribution in [0.15, 0.2) is 60.7 Å². The summed E-state index contributed by atoms with van der Waals surface area (Å²) in [6.45, 7) is 9.28. The Morgan fingerprint density at radius 1 is 0.571 bits per heavy atom. The molecular formula is C32H30Cl2Zr. The molecule has 0 N–H and O–H groups in total. The van der Waals surface area contributed by atoms with Gasteiger partial charge in [-0.3, -0.25) is 0 Å². The Morgan fingerprint density at radius 3 is 1.34 bits per heavy atom. The molecule has 0 amide bonds. The summed E-state index contributed by atoms with van der Waals surface area (Å²) in [5.41, 5.74) is 20.9. The monoisotopic (exact) mass is 574 g/mol. The predicted octanol–water partition coefficient (Wildman–Crippen LogP) is 1.85. The van der Waals surface area contributed by atoms with Gasteiger partial charge in [-0.1, -0.05) is 60.7 Å². The van der Waals surface area contributed by atoms with Crippen molar-refractivity contribution in [3.63, 3.8) is 0 Å². The van der Waals surface area contributed by atoms with Crippen molar-refractivity contribution in [2.45, 2.75) is 53.4 Å². The van der Waals surface area contributed by atoms with Crippen LogP contribution in [0.4, 0.5) is 0 Å². The van der Waals surface area contributed by atoms with E-state index in [0.29, 0.717) is 0 Å². The zero-order chi connectivity index (χ0) is 22.0. The van der Waals surface area contributed by atoms with E-state index in [1.807, 2.05) is 0 Å². The number of halogens is 2. The van der Waals surface area contributed by atoms with E-state index in [-0.39, 0.29) is 51.0 Å². The quantitative estimate of drug-likeness (QED) is 0.302. The number of aryl methyl sites for hydroxylation is 4. The van der Waals surface area contributed by atoms with Gasteiger partial charge < -0.3 is 24.8 Å². The van der Waals surface area contributed by atoms with Crippen LogP contribution in [0.3, 0.4) is 0 Å². The predicted molar refractivity (Wildman–Crippen MR) is 136 cm³/mol. The molecule has 0 atom stereocenters. The van der Waals surface area contributed by atoms with Crippen molar-refractivity contribution < 1.29 is 51.0 Å². The summed E-state index contributed by atoms with van der Waals surface area (Å²) in [5, 5.41) is 0. The standard InChI is InChI=1S/C32H30.2ClH.Zr/c1-19-15-23(21(3)29-17-25-9-5-7-11-27(25)31(19)29)13-14-24-16-20(2)32-28-12-8-6-10-26(28)18-30(32)22(24)4;;;/h5-12,15-16H,13-14,17-18H2,1-4H3;2*1H;/q;;;+2/p-2. The number of benzene rings is 4. The first-order valence-corrected chi connectivity index (χ1v) is 11.9. The molecule has 0 saturated heterocycles. The van der Waals surface area contributed by atoms with Gasteiger partial charge in [0.2, 0.25) is 0 Å². The van der Waals surface area contributed by atoms with Crippen LogP contribution < -0.4 is 24.8 Å². The van der Waals surface area contributed by atoms with Crippen molar-refractivity contribution >= 4 is 0 Å². The smallest absolute Gasteiger partial charge is 1.00 e. The summed E-state index contributed by atoms with van der Waals surface area (Å²) in [6.07, 6.45) is 4.40. The van der Waals surface area contributed by atoms with Gasteiger partial charge in [-0.2, -0.15) is 0 Å². The molecule has 0 unspecified atom stereocenters. The van der Waals surface area contributed by atoms with Crippen molar-refractivity contribution in [3.8, 4) is 22.3 Å². The fraction of sp³-hybridized carbons (Fsp3) is 0.250. The van der Waals surface area contributed by atoms with Gasteiger partial charge in [0.25, 0.3) is 0 Å². The van der Waals surface area contributed by atoms with E-state index in [0.717, 1.165) is 25.7 Å². The summed E-state index contributed by atoms with van der Waals surface area (Å²) in [5.74, 6) is 0. The van der Waals surface area contributed by atoms with E-state index in [1.54, 1.807) is 11.1 Å². The Kier molecular flexibility index (Phi) is 8.58. The molecule has 4 aromatic rings. The summed E-state index contributed by atoms with van der Waals surface area (Å²) in [7, 11) is 0. The number of hydrogen-bond acceptors (Lipinski definition) is 0. The molecule has 0 spiro atoms. The van der Waals surface area contributed by atoms with E-state index in [1.165, 1.54) is 66.8 Å². The molecule has 0 bridgehead atoms. The Labute approximate surface area is 241 Å². The minimum atomic E-state index is 0. The molecule has 0 aliphatic heterocycles. The molecule has 6 rings (SSSR count). The van der Waals surface area contributed by atoms with Gasteiger partial charge in [0.1, 0.15) is 0 Å². The van der Waals surface area contributed by atoms with Crippen LogP contribution in [-0.2, 0) is 51.9 Å². The van der Waals surface area contributed by atoms with Crippen LogP contribution in [-0.4, -0.2) is 0 Å². The van der Waals surface area contributed by atoms with E-state index in [4.69, 9.17) is 0 Å². The SMILES string of the molecule is Cc1cc(CCc2cc(C)c3c(c2C)Cc2ccccc2-3)c(C)c2c1-c1ccccc1C2.[Cl-].[Cl-].[Zr+2]. The maximum absolute atomic E-state index is 2.46. The van der Waals surface area contributed by atoms with Gasteiger partial charge >= 0.3 is 26.2 Å². The van der Waals surface area contributed by atoms with E-state index < -0.39 is 0 Å². The molecule has 0 aromatic heterocycles. The van der Waals surface area contributed by atoms with Gasteiger partial charge in [-0.15, -0.1) is 0 Å². The Hall–Kier alpha value is -1.66. The van der Waals surface area contributed by atoms with Crippen molar-refractivity contribution in [2.75, 3.05) is 0 Å². The molecule has 4 aromatic carbocycles. The Bertz CT molecular complexity index is 1310. The Morgan fingerprint density at radius 2 is 0.943 bits per heavy atom. The minimum Gasteiger partial charge on any atom is -1.00 e. The van der Waals surface area contributed by atoms with Gasteiger partial charge in [0, 0.05) is 0 Å². The molecule has 0 heterocycles. The second kappa shape index (κ2) is 10.8. The van der Waals surface area contributed by atoms with E-state index in [9.17, 15) is 0 Å². The third-order valence-electron chi connectivity index (χ3n) is 8.01. The van der Waals surface area contributed by atoms with Crippen LogP contribution in [0, 0.1) is 27.7 Å². The summed E-state index contributed by atoms with van der Waals surface area (Å²) >= 11 is 0. The number of fused-ring (bicyclic) bond motifs is 6. The molecule has 176 valence electrons. The first-order valence-electron chi connectivity index (χ1n) is 11.9. The van der Waals surface area contributed by atoms with Crippen molar-refractivity contribution in [1.82, 2.24) is 0 Å². The van der Waals surface area contributed by atoms with Gasteiger partial charge in [-0.05, 0) is 131 Å². The van der Waals surface area contributed by atoms with Crippen LogP contribution in [0.2, 0.25) is 0 Å². The van der Waals surface area contributed by atoms with Crippen molar-refractivity contribution in [1.29, 1.82) is 0 Å². The van der Waals surface area contributed by atoms with E-state index in [2.05, 4.69) is 88.4 Å². The number of hydrogen-bond donors (Lipinski definition) is 0. The molecule has 3 heteroatoms. The zero-order valence-corrected chi connectivity index (χ0v) is 24.8. The molecule has 2 aliphatic rings. The average molecular weight is 577 g/mol. The second-order valence-corrected chi connectivity index (χ2v) is 9.83. The Balaban J connectivity index is 0.00000114. The molecule has 0 saturated carbocycles. The summed E-state index contributed by atoms with van der Waals surface area (Å²) in [4.78, 5) is 0. The summed E-state index contributed by atoms with van der Waals surface area (Å²) in [6, 6.07) is 22.8. The van der Waals surface area contributed by atoms with E-state index >= 15 is 0 Å². The fourth-order valence-electron chi connectivity index (χ4n) is 6.32. The first kappa shape index (κ1) is 27.9. The molecular weight excluding hydrogens is 546 g/mol. The average Bonchev–Trinajstić information content (AvgIpc) is 3.38. The maximum Gasteiger partial charge on any atom is 2.00 e. The van der Waals surface area contributed by atoms with Gasteiger partial charge in [-0.25, -0.2) is 0 Å². The summed E-state index contributed by atoms with van der Waals surface area (Å²) < 4.78 is 0. The molecule has 0 radical (unpaired) electrons. The third-order valence-corrected chi connectivity index (χ3v) is 8.01. The van der Waals surface area contributed by atoms with Crippen molar-refractivity contribution in [2.24, 2.45) is 0 Å². The first-order chi connectivity index (χ1) is 15.5. The number of rotatable bonds is 3. The largest absolute Gasteiger partial charge is 2.00 e. The van der Waals surface area contributed by atoms with Gasteiger partial charge in [0.05, 0.1) is 0 Å². The molecule has 35 heavy (non-hydrogen) atoms. The van der Waals surface area contributed by atoms with Crippen LogP contribution in [0.5, 0.6) is 0 Å². The van der Waals surface area contributed by atoms with Crippen LogP contribution in [0.25, 0.3) is 22.3 Å². The maximum atomic E-state index is 2.46. The van der Waals surface area contributed by atoms with Crippen LogP contribution >= 0.6 is 0 Å². The third kappa shape index (κ3) is 4.50. The topological polar surface area (TPSA) is 0 Å². The van der Waals surface area contributed by atoms with Crippen molar-refractivity contribution in [3.05, 3.63) is 116 Å². The van der Waals surface area contributed by atoms with Crippen LogP contribution in [0.1, 0.15) is 55.6 Å². The van der Waals surface area contributed by atoms with Gasteiger partial charge in [0.15, 0.2) is 0 Å². The molecule has 0 fully saturated rings. The molecule has 2 aliphatic carbocycles. The second-order valence-electron chi connectivity index (χ2n) is 9.83. The fourth-order valence-corrected chi connectivity index (χ4v) is 6.32.